The minimum Gasteiger partial charge on any atom is -0.462 e. The van der Waals surface area contributed by atoms with Crippen LogP contribution in [0.1, 0.15) is 175 Å². The second-order valence-electron chi connectivity index (χ2n) is 13.2. The molecule has 0 radical (unpaired) electrons. The number of esters is 3. The zero-order valence-corrected chi connectivity index (χ0v) is 32.8. The Morgan fingerprint density at radius 1 is 0.431 bits per heavy atom. The Hall–Kier alpha value is -3.15. The van der Waals surface area contributed by atoms with Gasteiger partial charge in [0.1, 0.15) is 13.2 Å². The third kappa shape index (κ3) is 37.9. The first-order chi connectivity index (χ1) is 25.0. The normalized spacial score (nSPS) is 12.8. The van der Waals surface area contributed by atoms with Crippen LogP contribution in [-0.4, -0.2) is 37.2 Å². The van der Waals surface area contributed by atoms with Gasteiger partial charge in [0.2, 0.25) is 0 Å². The standard InChI is InChI=1S/C45H74O6/c1-4-7-10-13-16-19-21-22-24-26-29-32-35-38-44(47)50-41-42(40-49-43(46)37-34-31-28-25-18-15-12-9-6-3)51-45(48)39-36-33-30-27-23-20-17-14-11-8-5-2/h9,12,14,17-18,20,22-25,29,32,42H,4-8,10-11,13,15-16,19,21,26-28,30-31,33-41H2,1-3H3/b12-9-,17-14-,23-20-,24-22-,25-18-,32-29-. The average Bonchev–Trinajstić information content (AvgIpc) is 3.12. The molecule has 0 spiro atoms. The number of rotatable bonds is 35. The summed E-state index contributed by atoms with van der Waals surface area (Å²) in [5.74, 6) is -1.07. The van der Waals surface area contributed by atoms with Gasteiger partial charge in [-0.2, -0.15) is 0 Å². The fraction of sp³-hybridized carbons (Fsp3) is 0.667. The molecule has 51 heavy (non-hydrogen) atoms. The van der Waals surface area contributed by atoms with Gasteiger partial charge in [-0.05, 0) is 83.5 Å². The lowest BCUT2D eigenvalue weighted by Crippen LogP contribution is -2.30. The Morgan fingerprint density at radius 2 is 0.882 bits per heavy atom. The zero-order valence-electron chi connectivity index (χ0n) is 32.8. The van der Waals surface area contributed by atoms with Crippen LogP contribution in [0.3, 0.4) is 0 Å². The largest absolute Gasteiger partial charge is 0.462 e. The predicted molar refractivity (Wildman–Crippen MR) is 214 cm³/mol. The minimum atomic E-state index is -0.820. The number of allylic oxidation sites excluding steroid dienone is 12. The molecule has 0 fully saturated rings. The van der Waals surface area contributed by atoms with Gasteiger partial charge in [-0.15, -0.1) is 0 Å². The Kier molecular flexibility index (Phi) is 37.2. The van der Waals surface area contributed by atoms with Crippen molar-refractivity contribution < 1.29 is 28.6 Å². The van der Waals surface area contributed by atoms with E-state index in [0.717, 1.165) is 77.0 Å². The van der Waals surface area contributed by atoms with E-state index in [-0.39, 0.29) is 44.0 Å². The second kappa shape index (κ2) is 39.6. The Morgan fingerprint density at radius 3 is 1.51 bits per heavy atom. The van der Waals surface area contributed by atoms with E-state index in [4.69, 9.17) is 14.2 Å². The van der Waals surface area contributed by atoms with Gasteiger partial charge in [-0.3, -0.25) is 14.4 Å². The first kappa shape index (κ1) is 47.8. The van der Waals surface area contributed by atoms with Crippen molar-refractivity contribution in [2.24, 2.45) is 0 Å². The average molecular weight is 711 g/mol. The van der Waals surface area contributed by atoms with E-state index in [2.05, 4.69) is 87.6 Å². The van der Waals surface area contributed by atoms with Crippen LogP contribution >= 0.6 is 0 Å². The summed E-state index contributed by atoms with van der Waals surface area (Å²) >= 11 is 0. The maximum Gasteiger partial charge on any atom is 0.306 e. The summed E-state index contributed by atoms with van der Waals surface area (Å²) < 4.78 is 16.5. The van der Waals surface area contributed by atoms with Gasteiger partial charge in [-0.1, -0.05) is 145 Å². The third-order valence-corrected chi connectivity index (χ3v) is 8.21. The van der Waals surface area contributed by atoms with E-state index >= 15 is 0 Å². The molecule has 0 bridgehead atoms. The summed E-state index contributed by atoms with van der Waals surface area (Å²) in [5.41, 5.74) is 0. The highest BCUT2D eigenvalue weighted by atomic mass is 16.6. The van der Waals surface area contributed by atoms with E-state index in [9.17, 15) is 14.4 Å². The molecule has 0 heterocycles. The smallest absolute Gasteiger partial charge is 0.306 e. The SMILES string of the molecule is CC/C=C\C/C=C\CCCCC(=O)OCC(COC(=O)CC/C=C\C/C=C\CCCCCCCC)OC(=O)CCCCC/C=C\C=C/CCCC. The molecule has 0 rings (SSSR count). The van der Waals surface area contributed by atoms with Gasteiger partial charge in [0.25, 0.3) is 0 Å². The van der Waals surface area contributed by atoms with Crippen molar-refractivity contribution >= 4 is 17.9 Å². The molecule has 0 aliphatic carbocycles. The lowest BCUT2D eigenvalue weighted by Gasteiger charge is -2.18. The van der Waals surface area contributed by atoms with Gasteiger partial charge < -0.3 is 14.2 Å². The molecule has 0 aliphatic heterocycles. The molecule has 0 saturated carbocycles. The number of unbranched alkanes of at least 4 members (excludes halogenated alkanes) is 13. The summed E-state index contributed by atoms with van der Waals surface area (Å²) in [6, 6.07) is 0. The zero-order chi connectivity index (χ0) is 37.3. The maximum atomic E-state index is 12.6. The molecular formula is C45H74O6. The van der Waals surface area contributed by atoms with E-state index in [0.29, 0.717) is 12.8 Å². The minimum absolute atomic E-state index is 0.122. The van der Waals surface area contributed by atoms with Crippen molar-refractivity contribution in [1.82, 2.24) is 0 Å². The van der Waals surface area contributed by atoms with Crippen LogP contribution in [-0.2, 0) is 28.6 Å². The van der Waals surface area contributed by atoms with Crippen molar-refractivity contribution in [3.63, 3.8) is 0 Å². The fourth-order valence-electron chi connectivity index (χ4n) is 5.09. The second-order valence-corrected chi connectivity index (χ2v) is 13.2. The van der Waals surface area contributed by atoms with E-state index in [1.54, 1.807) is 0 Å². The molecule has 6 nitrogen and oxygen atoms in total. The number of carbonyl (C=O) groups is 3. The number of hydrogen-bond donors (Lipinski definition) is 0. The van der Waals surface area contributed by atoms with Gasteiger partial charge in [0.05, 0.1) is 0 Å². The molecule has 0 N–H and O–H groups in total. The van der Waals surface area contributed by atoms with E-state index < -0.39 is 6.10 Å². The summed E-state index contributed by atoms with van der Waals surface area (Å²) in [7, 11) is 0. The molecule has 0 aromatic carbocycles. The van der Waals surface area contributed by atoms with Crippen molar-refractivity contribution in [2.75, 3.05) is 13.2 Å². The predicted octanol–water partition coefficient (Wildman–Crippen LogP) is 12.7. The molecule has 0 aromatic heterocycles. The molecule has 0 saturated heterocycles. The van der Waals surface area contributed by atoms with E-state index in [1.807, 2.05) is 6.08 Å². The number of carbonyl (C=O) groups excluding carboxylic acids is 3. The molecule has 6 heteroatoms. The topological polar surface area (TPSA) is 78.9 Å². The highest BCUT2D eigenvalue weighted by Crippen LogP contribution is 2.10. The number of hydrogen-bond acceptors (Lipinski definition) is 6. The number of ether oxygens (including phenoxy) is 3. The Balaban J connectivity index is 4.54. The van der Waals surface area contributed by atoms with E-state index in [1.165, 1.54) is 51.4 Å². The van der Waals surface area contributed by atoms with Crippen LogP contribution in [0, 0.1) is 0 Å². The van der Waals surface area contributed by atoms with Crippen LogP contribution in [0.25, 0.3) is 0 Å². The summed E-state index contributed by atoms with van der Waals surface area (Å²) in [6.07, 6.45) is 47.7. The van der Waals surface area contributed by atoms with Gasteiger partial charge >= 0.3 is 17.9 Å². The van der Waals surface area contributed by atoms with Crippen molar-refractivity contribution in [2.45, 2.75) is 181 Å². The van der Waals surface area contributed by atoms with Crippen molar-refractivity contribution in [3.8, 4) is 0 Å². The summed E-state index contributed by atoms with van der Waals surface area (Å²) in [6.45, 7) is 6.30. The van der Waals surface area contributed by atoms with Gasteiger partial charge in [0.15, 0.2) is 6.10 Å². The van der Waals surface area contributed by atoms with Crippen molar-refractivity contribution in [3.05, 3.63) is 72.9 Å². The third-order valence-electron chi connectivity index (χ3n) is 8.21. The Labute approximate surface area is 312 Å². The van der Waals surface area contributed by atoms with Crippen LogP contribution in [0.2, 0.25) is 0 Å². The molecule has 0 aromatic rings. The molecule has 290 valence electrons. The maximum absolute atomic E-state index is 12.6. The van der Waals surface area contributed by atoms with Gasteiger partial charge in [-0.25, -0.2) is 0 Å². The molecule has 1 atom stereocenters. The van der Waals surface area contributed by atoms with Gasteiger partial charge in [0, 0.05) is 19.3 Å². The van der Waals surface area contributed by atoms with Crippen LogP contribution < -0.4 is 0 Å². The van der Waals surface area contributed by atoms with Crippen LogP contribution in [0.15, 0.2) is 72.9 Å². The van der Waals surface area contributed by atoms with Crippen LogP contribution in [0.4, 0.5) is 0 Å². The lowest BCUT2D eigenvalue weighted by atomic mass is 10.1. The highest BCUT2D eigenvalue weighted by Gasteiger charge is 2.19. The highest BCUT2D eigenvalue weighted by molar-refractivity contribution is 5.71. The fourth-order valence-corrected chi connectivity index (χ4v) is 5.09. The molecule has 0 aliphatic rings. The summed E-state index contributed by atoms with van der Waals surface area (Å²) in [5, 5.41) is 0. The Bertz CT molecular complexity index is 1000. The molecule has 1 unspecified atom stereocenters. The first-order valence-electron chi connectivity index (χ1n) is 20.5. The quantitative estimate of drug-likeness (QED) is 0.0214. The lowest BCUT2D eigenvalue weighted by molar-refractivity contribution is -0.166. The molecule has 0 amide bonds. The molecular weight excluding hydrogens is 636 g/mol. The summed E-state index contributed by atoms with van der Waals surface area (Å²) in [4.78, 5) is 37.4. The van der Waals surface area contributed by atoms with Crippen LogP contribution in [0.5, 0.6) is 0 Å². The van der Waals surface area contributed by atoms with Crippen molar-refractivity contribution in [1.29, 1.82) is 0 Å². The first-order valence-corrected chi connectivity index (χ1v) is 20.5. The monoisotopic (exact) mass is 711 g/mol.